The monoisotopic (exact) mass is 269 g/mol. The van der Waals surface area contributed by atoms with Gasteiger partial charge in [0, 0.05) is 5.56 Å². The number of aromatic nitrogens is 1. The van der Waals surface area contributed by atoms with Gasteiger partial charge < -0.3 is 0 Å². The number of nitrogens with zero attached hydrogens (tertiary/aromatic N) is 1. The smallest absolute Gasteiger partial charge is 0.228 e. The molecule has 2 nitrogen and oxygen atoms in total. The molecule has 0 radical (unpaired) electrons. The van der Waals surface area contributed by atoms with E-state index in [9.17, 15) is 0 Å². The largest absolute Gasteiger partial charge is 0.240 e. The zero-order chi connectivity index (χ0) is 13.4. The fourth-order valence-corrected chi connectivity index (χ4v) is 3.27. The van der Waals surface area contributed by atoms with Crippen molar-refractivity contribution in [2.75, 3.05) is 6.54 Å². The van der Waals surface area contributed by atoms with Crippen molar-refractivity contribution in [1.82, 2.24) is 4.98 Å². The van der Waals surface area contributed by atoms with Gasteiger partial charge in [0.2, 0.25) is 5.36 Å². The van der Waals surface area contributed by atoms with E-state index in [0.29, 0.717) is 0 Å². The Labute approximate surface area is 116 Å². The highest BCUT2D eigenvalue weighted by Gasteiger charge is 2.14. The van der Waals surface area contributed by atoms with Gasteiger partial charge in [0.15, 0.2) is 5.69 Å². The van der Waals surface area contributed by atoms with Crippen LogP contribution < -0.4 is 10.3 Å². The summed E-state index contributed by atoms with van der Waals surface area (Å²) < 4.78 is 1.24. The number of benzene rings is 2. The number of hydrogen-bond acceptors (Lipinski definition) is 2. The summed E-state index contributed by atoms with van der Waals surface area (Å²) >= 11 is 1.81. The molecule has 0 aromatic heterocycles. The lowest BCUT2D eigenvalue weighted by Gasteiger charge is -2.06. The Balaban J connectivity index is 2.46. The van der Waals surface area contributed by atoms with Crippen molar-refractivity contribution in [2.45, 2.75) is 20.8 Å². The van der Waals surface area contributed by atoms with Gasteiger partial charge >= 0.3 is 0 Å². The van der Waals surface area contributed by atoms with Crippen LogP contribution in [0.3, 0.4) is 0 Å². The van der Waals surface area contributed by atoms with Crippen LogP contribution in [0.25, 0.3) is 20.8 Å². The van der Waals surface area contributed by atoms with Crippen LogP contribution in [-0.4, -0.2) is 11.5 Å². The van der Waals surface area contributed by atoms with Crippen molar-refractivity contribution in [2.24, 2.45) is 0 Å². The molecule has 1 aliphatic carbocycles. The molecule has 96 valence electrons. The van der Waals surface area contributed by atoms with Crippen molar-refractivity contribution in [3.63, 3.8) is 0 Å². The van der Waals surface area contributed by atoms with Gasteiger partial charge in [-0.15, -0.1) is 11.3 Å². The van der Waals surface area contributed by atoms with Crippen molar-refractivity contribution in [1.29, 1.82) is 0 Å². The van der Waals surface area contributed by atoms with Crippen LogP contribution >= 0.6 is 11.3 Å². The number of hydrogen-bond donors (Lipinski definition) is 1. The summed E-state index contributed by atoms with van der Waals surface area (Å²) in [4.78, 5) is 9.54. The summed E-state index contributed by atoms with van der Waals surface area (Å²) in [5.74, 6) is 0. The summed E-state index contributed by atoms with van der Waals surface area (Å²) in [6.45, 7) is 7.27. The quantitative estimate of drug-likeness (QED) is 0.672. The van der Waals surface area contributed by atoms with Gasteiger partial charge in [-0.05, 0) is 44.5 Å². The molecule has 0 atom stereocenters. The lowest BCUT2D eigenvalue weighted by molar-refractivity contribution is -0.496. The SMILES string of the molecule is CC[NH+]=c1c(C)ccc2sc3ccc(C)cc3nc1-2. The number of nitrogens with one attached hydrogen (secondary N) is 1. The molecule has 0 saturated heterocycles. The minimum absolute atomic E-state index is 0.915. The maximum atomic E-state index is 4.87. The molecule has 0 amide bonds. The summed E-state index contributed by atoms with van der Waals surface area (Å²) in [5.41, 5.74) is 4.68. The van der Waals surface area contributed by atoms with E-state index in [4.69, 9.17) is 4.98 Å². The minimum Gasteiger partial charge on any atom is -0.240 e. The highest BCUT2D eigenvalue weighted by atomic mass is 32.1. The Morgan fingerprint density at radius 1 is 1.16 bits per heavy atom. The van der Waals surface area contributed by atoms with Gasteiger partial charge in [-0.25, -0.2) is 9.98 Å². The predicted molar refractivity (Wildman–Crippen MR) is 80.4 cm³/mol. The van der Waals surface area contributed by atoms with E-state index in [-0.39, 0.29) is 0 Å². The highest BCUT2D eigenvalue weighted by Crippen LogP contribution is 2.28. The van der Waals surface area contributed by atoms with Crippen molar-refractivity contribution >= 4 is 21.6 Å². The Bertz CT molecular complexity index is 787. The Kier molecular flexibility index (Phi) is 3.07. The first-order chi connectivity index (χ1) is 9.19. The zero-order valence-electron chi connectivity index (χ0n) is 11.4. The maximum absolute atomic E-state index is 4.87. The molecule has 2 aliphatic rings. The molecule has 0 spiro atoms. The van der Waals surface area contributed by atoms with Crippen molar-refractivity contribution in [3.8, 4) is 10.6 Å². The van der Waals surface area contributed by atoms with E-state index < -0.39 is 0 Å². The molecule has 0 fully saturated rings. The summed E-state index contributed by atoms with van der Waals surface area (Å²) in [5, 5.41) is 1.17. The first kappa shape index (κ1) is 12.3. The third kappa shape index (κ3) is 2.15. The van der Waals surface area contributed by atoms with E-state index in [1.54, 1.807) is 11.3 Å². The fraction of sp³-hybridized carbons (Fsp3) is 0.250. The molecule has 19 heavy (non-hydrogen) atoms. The molecular formula is C16H17N2S+. The molecule has 1 N–H and O–H groups in total. The van der Waals surface area contributed by atoms with E-state index in [0.717, 1.165) is 17.8 Å². The molecule has 1 aliphatic heterocycles. The van der Waals surface area contributed by atoms with Gasteiger partial charge in [0.25, 0.3) is 0 Å². The Hall–Kier alpha value is -1.74. The second kappa shape index (κ2) is 4.74. The van der Waals surface area contributed by atoms with E-state index in [1.807, 2.05) is 0 Å². The topological polar surface area (TPSA) is 26.9 Å². The van der Waals surface area contributed by atoms with E-state index in [1.165, 1.54) is 26.1 Å². The molecule has 0 unspecified atom stereocenters. The van der Waals surface area contributed by atoms with Crippen LogP contribution in [-0.2, 0) is 0 Å². The first-order valence-electron chi connectivity index (χ1n) is 6.56. The normalized spacial score (nSPS) is 12.5. The van der Waals surface area contributed by atoms with Crippen LogP contribution in [0.5, 0.6) is 0 Å². The highest BCUT2D eigenvalue weighted by molar-refractivity contribution is 7.21. The standard InChI is InChI=1S/C16H16N2S/c1-4-17-15-11(3)6-8-14-16(15)18-12-9-10(2)5-7-13(12)19-14/h5-9H,4H2,1-3H3/p+1. The third-order valence-corrected chi connectivity index (χ3v) is 4.38. The average molecular weight is 269 g/mol. The second-order valence-corrected chi connectivity index (χ2v) is 5.90. The van der Waals surface area contributed by atoms with Crippen LogP contribution in [0.2, 0.25) is 0 Å². The van der Waals surface area contributed by atoms with E-state index in [2.05, 4.69) is 56.1 Å². The van der Waals surface area contributed by atoms with Gasteiger partial charge in [-0.3, -0.25) is 0 Å². The molecule has 0 saturated carbocycles. The number of aryl methyl sites for hydroxylation is 2. The van der Waals surface area contributed by atoms with E-state index >= 15 is 0 Å². The van der Waals surface area contributed by atoms with Gasteiger partial charge in [-0.2, -0.15) is 0 Å². The molecule has 1 aromatic rings. The molecule has 0 bridgehead atoms. The molecule has 3 rings (SSSR count). The second-order valence-electron chi connectivity index (χ2n) is 4.82. The summed E-state index contributed by atoms with van der Waals surface area (Å²) in [7, 11) is 0. The third-order valence-electron chi connectivity index (χ3n) is 3.27. The van der Waals surface area contributed by atoms with Crippen LogP contribution in [0.15, 0.2) is 30.3 Å². The van der Waals surface area contributed by atoms with Gasteiger partial charge in [0.05, 0.1) is 15.1 Å². The lowest BCUT2D eigenvalue weighted by Crippen LogP contribution is -2.77. The summed E-state index contributed by atoms with van der Waals surface area (Å²) in [6.07, 6.45) is 0. The predicted octanol–water partition coefficient (Wildman–Crippen LogP) is 2.02. The molecular weight excluding hydrogens is 252 g/mol. The molecule has 1 aromatic carbocycles. The van der Waals surface area contributed by atoms with Crippen molar-refractivity contribution < 1.29 is 4.99 Å². The van der Waals surface area contributed by atoms with Crippen LogP contribution in [0.1, 0.15) is 18.1 Å². The van der Waals surface area contributed by atoms with Crippen LogP contribution in [0, 0.1) is 13.8 Å². The number of rotatable bonds is 1. The van der Waals surface area contributed by atoms with Crippen molar-refractivity contribution in [3.05, 3.63) is 46.8 Å². The number of fused-ring (bicyclic) bond motifs is 2. The van der Waals surface area contributed by atoms with Gasteiger partial charge in [0.1, 0.15) is 6.54 Å². The fourth-order valence-electron chi connectivity index (χ4n) is 2.31. The average Bonchev–Trinajstić information content (AvgIpc) is 2.40. The van der Waals surface area contributed by atoms with Crippen LogP contribution in [0.4, 0.5) is 0 Å². The summed E-state index contributed by atoms with van der Waals surface area (Å²) in [6, 6.07) is 10.8. The van der Waals surface area contributed by atoms with Gasteiger partial charge in [-0.1, -0.05) is 12.1 Å². The first-order valence-corrected chi connectivity index (χ1v) is 7.38. The Morgan fingerprint density at radius 3 is 2.79 bits per heavy atom. The Morgan fingerprint density at radius 2 is 2.00 bits per heavy atom. The minimum atomic E-state index is 0.915. The molecule has 1 heterocycles. The zero-order valence-corrected chi connectivity index (χ0v) is 12.3. The maximum Gasteiger partial charge on any atom is 0.228 e. The lowest BCUT2D eigenvalue weighted by atomic mass is 10.1. The molecule has 3 heteroatoms.